The predicted octanol–water partition coefficient (Wildman–Crippen LogP) is 1.81. The number of hydrogen-bond donors (Lipinski definition) is 2. The van der Waals surface area contributed by atoms with Gasteiger partial charge < -0.3 is 10.4 Å². The van der Waals surface area contributed by atoms with Crippen molar-refractivity contribution in [1.82, 2.24) is 20.1 Å². The van der Waals surface area contributed by atoms with E-state index in [2.05, 4.69) is 15.4 Å². The molecular weight excluding hydrogens is 280 g/mol. The summed E-state index contributed by atoms with van der Waals surface area (Å²) in [5.74, 6) is -0.150. The molecule has 2 aromatic heterocycles. The van der Waals surface area contributed by atoms with Gasteiger partial charge in [0.2, 0.25) is 0 Å². The van der Waals surface area contributed by atoms with Crippen molar-refractivity contribution in [3.8, 4) is 0 Å². The van der Waals surface area contributed by atoms with Gasteiger partial charge in [0, 0.05) is 24.7 Å². The predicted molar refractivity (Wildman–Crippen MR) is 85.7 cm³/mol. The number of hydrogen-bond acceptors (Lipinski definition) is 4. The first-order valence-corrected chi connectivity index (χ1v) is 7.64. The second kappa shape index (κ2) is 6.44. The van der Waals surface area contributed by atoms with Gasteiger partial charge in [-0.05, 0) is 25.8 Å². The molecule has 0 aromatic carbocycles. The maximum absolute atomic E-state index is 12.6. The highest BCUT2D eigenvalue weighted by Crippen LogP contribution is 2.25. The molecule has 0 saturated heterocycles. The summed E-state index contributed by atoms with van der Waals surface area (Å²) in [4.78, 5) is 17.0. The molecule has 0 saturated carbocycles. The van der Waals surface area contributed by atoms with Gasteiger partial charge >= 0.3 is 0 Å². The third-order valence-electron chi connectivity index (χ3n) is 4.54. The molecule has 6 heteroatoms. The van der Waals surface area contributed by atoms with E-state index in [1.807, 2.05) is 20.8 Å². The number of pyridine rings is 1. The average molecular weight is 304 g/mol. The van der Waals surface area contributed by atoms with E-state index < -0.39 is 0 Å². The van der Waals surface area contributed by atoms with Gasteiger partial charge in [0.15, 0.2) is 5.65 Å². The van der Waals surface area contributed by atoms with E-state index in [1.165, 1.54) is 0 Å². The molecule has 2 N–H and O–H groups in total. The third kappa shape index (κ3) is 2.97. The van der Waals surface area contributed by atoms with Gasteiger partial charge in [-0.1, -0.05) is 13.8 Å². The molecule has 0 unspecified atom stereocenters. The minimum Gasteiger partial charge on any atom is -0.396 e. The molecule has 2 heterocycles. The van der Waals surface area contributed by atoms with E-state index in [9.17, 15) is 9.90 Å². The van der Waals surface area contributed by atoms with E-state index in [4.69, 9.17) is 0 Å². The topological polar surface area (TPSA) is 80.0 Å². The molecule has 0 aliphatic heterocycles. The van der Waals surface area contributed by atoms with Crippen molar-refractivity contribution < 1.29 is 9.90 Å². The Morgan fingerprint density at radius 2 is 2.09 bits per heavy atom. The first-order chi connectivity index (χ1) is 10.5. The highest BCUT2D eigenvalue weighted by atomic mass is 16.3. The van der Waals surface area contributed by atoms with E-state index in [1.54, 1.807) is 24.0 Å². The lowest BCUT2D eigenvalue weighted by molar-refractivity contribution is 0.0852. The highest BCUT2D eigenvalue weighted by Gasteiger charge is 2.26. The van der Waals surface area contributed by atoms with Crippen molar-refractivity contribution in [2.45, 2.75) is 33.6 Å². The maximum Gasteiger partial charge on any atom is 0.252 e. The van der Waals surface area contributed by atoms with Gasteiger partial charge in [0.25, 0.3) is 5.91 Å². The van der Waals surface area contributed by atoms with Crippen LogP contribution >= 0.6 is 0 Å². The third-order valence-corrected chi connectivity index (χ3v) is 4.54. The molecule has 0 aliphatic carbocycles. The van der Waals surface area contributed by atoms with Gasteiger partial charge in [-0.25, -0.2) is 4.98 Å². The summed E-state index contributed by atoms with van der Waals surface area (Å²) in [7, 11) is 1.81. The van der Waals surface area contributed by atoms with Crippen LogP contribution in [-0.2, 0) is 7.05 Å². The lowest BCUT2D eigenvalue weighted by Gasteiger charge is -2.29. The average Bonchev–Trinajstić information content (AvgIpc) is 2.89. The minimum atomic E-state index is -0.258. The molecule has 0 fully saturated rings. The van der Waals surface area contributed by atoms with Gasteiger partial charge in [-0.2, -0.15) is 5.10 Å². The monoisotopic (exact) mass is 304 g/mol. The zero-order valence-corrected chi connectivity index (χ0v) is 13.7. The van der Waals surface area contributed by atoms with Crippen LogP contribution in [-0.4, -0.2) is 38.9 Å². The van der Waals surface area contributed by atoms with Crippen molar-refractivity contribution >= 4 is 16.9 Å². The fraction of sp³-hybridized carbons (Fsp3) is 0.562. The summed E-state index contributed by atoms with van der Waals surface area (Å²) in [6, 6.07) is 1.78. The number of carbonyl (C=O) groups is 1. The maximum atomic E-state index is 12.6. The lowest BCUT2D eigenvalue weighted by Crippen LogP contribution is -2.39. The molecule has 2 aromatic rings. The molecule has 0 atom stereocenters. The van der Waals surface area contributed by atoms with Crippen LogP contribution < -0.4 is 5.32 Å². The zero-order chi connectivity index (χ0) is 16.3. The molecule has 0 aliphatic rings. The van der Waals surface area contributed by atoms with Gasteiger partial charge in [-0.15, -0.1) is 0 Å². The zero-order valence-electron chi connectivity index (χ0n) is 13.7. The standard InChI is InChI=1S/C16H24N4O2/c1-5-16(6-2,10-21)9-17-15(22)12-7-11(3)19-14-13(12)8-18-20(14)4/h7-8,21H,5-6,9-10H2,1-4H3,(H,17,22). The summed E-state index contributed by atoms with van der Waals surface area (Å²) in [6.45, 7) is 6.44. The van der Waals surface area contributed by atoms with Crippen LogP contribution in [0.15, 0.2) is 12.3 Å². The molecule has 0 spiro atoms. The van der Waals surface area contributed by atoms with E-state index in [0.29, 0.717) is 17.8 Å². The van der Waals surface area contributed by atoms with Crippen LogP contribution in [0.1, 0.15) is 42.7 Å². The summed E-state index contributed by atoms with van der Waals surface area (Å²) in [5, 5.41) is 17.5. The smallest absolute Gasteiger partial charge is 0.252 e. The molecule has 0 bridgehead atoms. The second-order valence-corrected chi connectivity index (χ2v) is 5.86. The molecule has 6 nitrogen and oxygen atoms in total. The van der Waals surface area contributed by atoms with Crippen molar-refractivity contribution in [2.75, 3.05) is 13.2 Å². The molecule has 22 heavy (non-hydrogen) atoms. The molecule has 120 valence electrons. The Balaban J connectivity index is 2.27. The Bertz CT molecular complexity index is 666. The highest BCUT2D eigenvalue weighted by molar-refractivity contribution is 6.05. The first-order valence-electron chi connectivity index (χ1n) is 7.64. The van der Waals surface area contributed by atoms with Crippen LogP contribution in [0.25, 0.3) is 11.0 Å². The number of rotatable bonds is 6. The van der Waals surface area contributed by atoms with Crippen molar-refractivity contribution in [1.29, 1.82) is 0 Å². The number of fused-ring (bicyclic) bond motifs is 1. The number of aliphatic hydroxyl groups excluding tert-OH is 1. The summed E-state index contributed by atoms with van der Waals surface area (Å²) < 4.78 is 1.66. The summed E-state index contributed by atoms with van der Waals surface area (Å²) in [6.07, 6.45) is 3.30. The number of nitrogens with zero attached hydrogens (tertiary/aromatic N) is 3. The number of amides is 1. The van der Waals surface area contributed by atoms with Crippen LogP contribution in [0, 0.1) is 12.3 Å². The SMILES string of the molecule is CCC(CC)(CO)CNC(=O)c1cc(C)nc2c1cnn2C. The summed E-state index contributed by atoms with van der Waals surface area (Å²) in [5.41, 5.74) is 1.80. The van der Waals surface area contributed by atoms with Gasteiger partial charge in [0.1, 0.15) is 0 Å². The lowest BCUT2D eigenvalue weighted by atomic mass is 9.83. The fourth-order valence-corrected chi connectivity index (χ4v) is 2.57. The van der Waals surface area contributed by atoms with Crippen molar-refractivity contribution in [3.63, 3.8) is 0 Å². The normalized spacial score (nSPS) is 11.9. The number of aliphatic hydroxyl groups is 1. The van der Waals surface area contributed by atoms with Crippen LogP contribution in [0.3, 0.4) is 0 Å². The Morgan fingerprint density at radius 3 is 2.68 bits per heavy atom. The first kappa shape index (κ1) is 16.4. The number of aryl methyl sites for hydroxylation is 2. The van der Waals surface area contributed by atoms with E-state index >= 15 is 0 Å². The largest absolute Gasteiger partial charge is 0.396 e. The summed E-state index contributed by atoms with van der Waals surface area (Å²) >= 11 is 0. The van der Waals surface area contributed by atoms with Gasteiger partial charge in [-0.3, -0.25) is 9.48 Å². The van der Waals surface area contributed by atoms with Crippen LogP contribution in [0.2, 0.25) is 0 Å². The Kier molecular flexibility index (Phi) is 4.81. The van der Waals surface area contributed by atoms with Gasteiger partial charge in [0.05, 0.1) is 23.8 Å². The second-order valence-electron chi connectivity index (χ2n) is 5.86. The molecule has 1 amide bonds. The Hall–Kier alpha value is -1.95. The van der Waals surface area contributed by atoms with E-state index in [0.717, 1.165) is 23.9 Å². The van der Waals surface area contributed by atoms with E-state index in [-0.39, 0.29) is 17.9 Å². The molecule has 2 rings (SSSR count). The minimum absolute atomic E-state index is 0.0674. The fourth-order valence-electron chi connectivity index (χ4n) is 2.57. The number of carbonyl (C=O) groups excluding carboxylic acids is 1. The molecular formula is C16H24N4O2. The quantitative estimate of drug-likeness (QED) is 0.853. The Morgan fingerprint density at radius 1 is 1.41 bits per heavy atom. The number of aromatic nitrogens is 3. The Labute approximate surface area is 130 Å². The van der Waals surface area contributed by atoms with Crippen molar-refractivity contribution in [2.24, 2.45) is 12.5 Å². The van der Waals surface area contributed by atoms with Crippen LogP contribution in [0.5, 0.6) is 0 Å². The molecule has 0 radical (unpaired) electrons. The number of nitrogens with one attached hydrogen (secondary N) is 1. The van der Waals surface area contributed by atoms with Crippen molar-refractivity contribution in [3.05, 3.63) is 23.5 Å². The van der Waals surface area contributed by atoms with Crippen LogP contribution in [0.4, 0.5) is 0 Å².